The summed E-state index contributed by atoms with van der Waals surface area (Å²) >= 11 is 0. The highest BCUT2D eigenvalue weighted by Gasteiger charge is 2.32. The number of hydrogen-bond acceptors (Lipinski definition) is 5. The SMILES string of the molecule is COc1ccc(C(=O)NC(C)(CN)C(C)C)cc1S(=O)(=O)N1CCCC1.Cl. The predicted molar refractivity (Wildman–Crippen MR) is 108 cm³/mol. The Morgan fingerprint density at radius 2 is 1.93 bits per heavy atom. The van der Waals surface area contributed by atoms with Crippen LogP contribution in [-0.2, 0) is 10.0 Å². The highest BCUT2D eigenvalue weighted by atomic mass is 35.5. The summed E-state index contributed by atoms with van der Waals surface area (Å²) in [5, 5.41) is 2.93. The van der Waals surface area contributed by atoms with Crippen LogP contribution in [0, 0.1) is 5.92 Å². The highest BCUT2D eigenvalue weighted by molar-refractivity contribution is 7.89. The van der Waals surface area contributed by atoms with E-state index in [1.165, 1.54) is 23.5 Å². The van der Waals surface area contributed by atoms with Crippen molar-refractivity contribution >= 4 is 28.3 Å². The molecule has 1 aromatic carbocycles. The monoisotopic (exact) mass is 419 g/mol. The van der Waals surface area contributed by atoms with E-state index >= 15 is 0 Å². The fourth-order valence-electron chi connectivity index (χ4n) is 2.85. The minimum absolute atomic E-state index is 0. The van der Waals surface area contributed by atoms with Gasteiger partial charge in [0, 0.05) is 25.2 Å². The Morgan fingerprint density at radius 3 is 2.41 bits per heavy atom. The summed E-state index contributed by atoms with van der Waals surface area (Å²) in [7, 11) is -2.28. The van der Waals surface area contributed by atoms with Gasteiger partial charge in [0.1, 0.15) is 10.6 Å². The number of benzene rings is 1. The van der Waals surface area contributed by atoms with Crippen molar-refractivity contribution in [1.29, 1.82) is 0 Å². The van der Waals surface area contributed by atoms with Crippen molar-refractivity contribution < 1.29 is 17.9 Å². The Morgan fingerprint density at radius 1 is 1.33 bits per heavy atom. The van der Waals surface area contributed by atoms with Crippen molar-refractivity contribution in [1.82, 2.24) is 9.62 Å². The number of hydrogen-bond donors (Lipinski definition) is 2. The lowest BCUT2D eigenvalue weighted by Crippen LogP contribution is -2.55. The lowest BCUT2D eigenvalue weighted by Gasteiger charge is -2.33. The number of amides is 1. The average Bonchev–Trinajstić information content (AvgIpc) is 3.16. The van der Waals surface area contributed by atoms with Crippen LogP contribution in [0.3, 0.4) is 0 Å². The number of sulfonamides is 1. The van der Waals surface area contributed by atoms with Gasteiger partial charge in [-0.3, -0.25) is 4.79 Å². The molecule has 3 N–H and O–H groups in total. The number of nitrogens with two attached hydrogens (primary N) is 1. The molecule has 1 atom stereocenters. The summed E-state index contributed by atoms with van der Waals surface area (Å²) in [6, 6.07) is 4.47. The molecule has 0 aliphatic carbocycles. The first-order valence-electron chi connectivity index (χ1n) is 8.86. The van der Waals surface area contributed by atoms with Gasteiger partial charge in [-0.1, -0.05) is 13.8 Å². The second kappa shape index (κ2) is 9.23. The lowest BCUT2D eigenvalue weighted by molar-refractivity contribution is 0.0883. The van der Waals surface area contributed by atoms with Gasteiger partial charge in [0.2, 0.25) is 10.0 Å². The van der Waals surface area contributed by atoms with Crippen LogP contribution in [0.2, 0.25) is 0 Å². The van der Waals surface area contributed by atoms with Crippen molar-refractivity contribution in [2.45, 2.75) is 44.0 Å². The molecule has 27 heavy (non-hydrogen) atoms. The molecule has 1 unspecified atom stereocenters. The van der Waals surface area contributed by atoms with Crippen LogP contribution in [0.25, 0.3) is 0 Å². The molecule has 1 fully saturated rings. The van der Waals surface area contributed by atoms with Crippen LogP contribution in [0.1, 0.15) is 44.0 Å². The maximum Gasteiger partial charge on any atom is 0.251 e. The van der Waals surface area contributed by atoms with Crippen LogP contribution < -0.4 is 15.8 Å². The molecule has 0 bridgehead atoms. The maximum absolute atomic E-state index is 12.9. The third kappa shape index (κ3) is 4.93. The molecule has 154 valence electrons. The summed E-state index contributed by atoms with van der Waals surface area (Å²) in [5.41, 5.74) is 5.51. The number of methoxy groups -OCH3 is 1. The molecular weight excluding hydrogens is 390 g/mol. The van der Waals surface area contributed by atoms with Crippen LogP contribution >= 0.6 is 12.4 Å². The molecule has 1 aliphatic rings. The van der Waals surface area contributed by atoms with Crippen molar-refractivity contribution in [3.8, 4) is 5.75 Å². The number of nitrogens with one attached hydrogen (secondary N) is 1. The summed E-state index contributed by atoms with van der Waals surface area (Å²) in [6.07, 6.45) is 1.68. The fourth-order valence-corrected chi connectivity index (χ4v) is 4.55. The van der Waals surface area contributed by atoms with Crippen LogP contribution in [0.5, 0.6) is 5.75 Å². The summed E-state index contributed by atoms with van der Waals surface area (Å²) < 4.78 is 32.5. The van der Waals surface area contributed by atoms with Gasteiger partial charge in [0.15, 0.2) is 0 Å². The molecule has 0 spiro atoms. The third-order valence-electron chi connectivity index (χ3n) is 5.21. The Kier molecular flexibility index (Phi) is 8.10. The summed E-state index contributed by atoms with van der Waals surface area (Å²) in [5.74, 6) is 0.00794. The van der Waals surface area contributed by atoms with Crippen LogP contribution in [0.15, 0.2) is 23.1 Å². The zero-order valence-electron chi connectivity index (χ0n) is 16.3. The quantitative estimate of drug-likeness (QED) is 0.703. The number of rotatable bonds is 7. The van der Waals surface area contributed by atoms with E-state index in [9.17, 15) is 13.2 Å². The molecule has 1 heterocycles. The topological polar surface area (TPSA) is 102 Å². The smallest absolute Gasteiger partial charge is 0.251 e. The molecule has 1 aromatic rings. The first kappa shape index (κ1) is 23.7. The number of nitrogens with zero attached hydrogens (tertiary/aromatic N) is 1. The average molecular weight is 420 g/mol. The normalized spacial score (nSPS) is 17.3. The Hall–Kier alpha value is -1.35. The van der Waals surface area contributed by atoms with E-state index in [1.54, 1.807) is 6.07 Å². The van der Waals surface area contributed by atoms with E-state index in [-0.39, 0.29) is 47.0 Å². The first-order valence-corrected chi connectivity index (χ1v) is 10.3. The van der Waals surface area contributed by atoms with Gasteiger partial charge >= 0.3 is 0 Å². The van der Waals surface area contributed by atoms with E-state index in [2.05, 4.69) is 5.32 Å². The van der Waals surface area contributed by atoms with Crippen LogP contribution in [-0.4, -0.2) is 50.9 Å². The van der Waals surface area contributed by atoms with Gasteiger partial charge in [0.25, 0.3) is 5.91 Å². The molecule has 0 radical (unpaired) electrons. The van der Waals surface area contributed by atoms with Gasteiger partial charge in [-0.05, 0) is 43.9 Å². The minimum Gasteiger partial charge on any atom is -0.495 e. The summed E-state index contributed by atoms with van der Waals surface area (Å²) in [6.45, 7) is 7.09. The minimum atomic E-state index is -3.70. The van der Waals surface area contributed by atoms with Crippen molar-refractivity contribution in [3.05, 3.63) is 23.8 Å². The van der Waals surface area contributed by atoms with Crippen molar-refractivity contribution in [3.63, 3.8) is 0 Å². The molecule has 1 saturated heterocycles. The maximum atomic E-state index is 12.9. The second-order valence-corrected chi connectivity index (χ2v) is 9.11. The van der Waals surface area contributed by atoms with Crippen LogP contribution in [0.4, 0.5) is 0 Å². The van der Waals surface area contributed by atoms with E-state index in [0.717, 1.165) is 12.8 Å². The molecule has 0 aromatic heterocycles. The van der Waals surface area contributed by atoms with Crippen molar-refractivity contribution in [2.75, 3.05) is 26.7 Å². The number of ether oxygens (including phenoxy) is 1. The largest absolute Gasteiger partial charge is 0.495 e. The lowest BCUT2D eigenvalue weighted by atomic mass is 9.88. The Balaban J connectivity index is 0.00000364. The van der Waals surface area contributed by atoms with E-state index in [4.69, 9.17) is 10.5 Å². The van der Waals surface area contributed by atoms with Gasteiger partial charge in [-0.2, -0.15) is 4.31 Å². The van der Waals surface area contributed by atoms with Crippen molar-refractivity contribution in [2.24, 2.45) is 11.7 Å². The molecule has 7 nitrogen and oxygen atoms in total. The molecule has 1 aliphatic heterocycles. The molecule has 1 amide bonds. The first-order chi connectivity index (χ1) is 12.2. The number of carbonyl (C=O) groups excluding carboxylic acids is 1. The zero-order chi connectivity index (χ0) is 19.5. The molecule has 9 heteroatoms. The van der Waals surface area contributed by atoms with E-state index < -0.39 is 15.6 Å². The number of halogens is 1. The zero-order valence-corrected chi connectivity index (χ0v) is 18.0. The standard InChI is InChI=1S/C18H29N3O4S.ClH/c1-13(2)18(3,12-19)20-17(22)14-7-8-15(25-4)16(11-14)26(23,24)21-9-5-6-10-21;/h7-8,11,13H,5-6,9-10,12,19H2,1-4H3,(H,20,22);1H. The summed E-state index contributed by atoms with van der Waals surface area (Å²) in [4.78, 5) is 12.7. The van der Waals surface area contributed by atoms with Gasteiger partial charge < -0.3 is 15.8 Å². The van der Waals surface area contributed by atoms with E-state index in [0.29, 0.717) is 13.1 Å². The van der Waals surface area contributed by atoms with Gasteiger partial charge in [-0.25, -0.2) is 8.42 Å². The van der Waals surface area contributed by atoms with Gasteiger partial charge in [-0.15, -0.1) is 12.4 Å². The predicted octanol–water partition coefficient (Wildman–Crippen LogP) is 2.00. The third-order valence-corrected chi connectivity index (χ3v) is 7.13. The fraction of sp³-hybridized carbons (Fsp3) is 0.611. The highest BCUT2D eigenvalue weighted by Crippen LogP contribution is 2.30. The molecular formula is C18H30ClN3O4S. The number of carbonyl (C=O) groups is 1. The molecule has 2 rings (SSSR count). The van der Waals surface area contributed by atoms with E-state index in [1.807, 2.05) is 20.8 Å². The Labute approximate surface area is 168 Å². The van der Waals surface area contributed by atoms with Gasteiger partial charge in [0.05, 0.1) is 12.6 Å². The Bertz CT molecular complexity index is 764. The second-order valence-electron chi connectivity index (χ2n) is 7.21. The molecule has 0 saturated carbocycles.